The van der Waals surface area contributed by atoms with Gasteiger partial charge in [-0.15, -0.1) is 0 Å². The summed E-state index contributed by atoms with van der Waals surface area (Å²) >= 11 is 0. The molecule has 0 bridgehead atoms. The zero-order valence-electron chi connectivity index (χ0n) is 7.71. The molecule has 2 rings (SSSR count). The predicted octanol–water partition coefficient (Wildman–Crippen LogP) is 1.27. The maximum Gasteiger partial charge on any atom is 0.269 e. The minimum Gasteiger partial charge on any atom is -0.400 e. The fourth-order valence-corrected chi connectivity index (χ4v) is 1.05. The fourth-order valence-electron chi connectivity index (χ4n) is 1.05. The van der Waals surface area contributed by atoms with Gasteiger partial charge in [0.05, 0.1) is 11.5 Å². The molecule has 0 radical (unpaired) electrons. The van der Waals surface area contributed by atoms with Crippen LogP contribution in [-0.4, -0.2) is 23.7 Å². The summed E-state index contributed by atoms with van der Waals surface area (Å²) in [6.07, 6.45) is 0.172. The Labute approximate surface area is 81.1 Å². The summed E-state index contributed by atoms with van der Waals surface area (Å²) in [7, 11) is 1.00. The zero-order chi connectivity index (χ0) is 10.6. The van der Waals surface area contributed by atoms with Gasteiger partial charge in [0.15, 0.2) is 0 Å². The summed E-state index contributed by atoms with van der Waals surface area (Å²) in [6, 6.07) is 6.46. The molecule has 0 spiro atoms. The van der Waals surface area contributed by atoms with E-state index < -0.39 is 4.92 Å². The van der Waals surface area contributed by atoms with Crippen molar-refractivity contribution in [3.63, 3.8) is 0 Å². The number of rotatable bonds is 2. The van der Waals surface area contributed by atoms with Crippen molar-refractivity contribution in [2.24, 2.45) is 0 Å². The van der Waals surface area contributed by atoms with E-state index in [-0.39, 0.29) is 11.8 Å². The summed E-state index contributed by atoms with van der Waals surface area (Å²) in [4.78, 5) is 9.87. The lowest BCUT2D eigenvalue weighted by Crippen LogP contribution is -1.87. The van der Waals surface area contributed by atoms with Crippen molar-refractivity contribution in [3.8, 4) is 0 Å². The second kappa shape index (κ2) is 4.69. The number of hydrogen-bond acceptors (Lipinski definition) is 4. The van der Waals surface area contributed by atoms with Crippen LogP contribution in [0.2, 0.25) is 0 Å². The molecule has 1 heterocycles. The van der Waals surface area contributed by atoms with Gasteiger partial charge in [0.2, 0.25) is 0 Å². The molecule has 76 valence electrons. The Kier molecular flexibility index (Phi) is 3.55. The minimum absolute atomic E-state index is 0.124. The molecule has 14 heavy (non-hydrogen) atoms. The fraction of sp³-hybridized carbons (Fsp3) is 0.333. The van der Waals surface area contributed by atoms with Crippen molar-refractivity contribution in [1.82, 2.24) is 0 Å². The Morgan fingerprint density at radius 1 is 1.43 bits per heavy atom. The molecule has 0 amide bonds. The average Bonchev–Trinajstić information content (AvgIpc) is 3.04. The van der Waals surface area contributed by atoms with Gasteiger partial charge in [0.25, 0.3) is 5.69 Å². The number of hydrogen-bond donors (Lipinski definition) is 1. The molecule has 0 aromatic heterocycles. The van der Waals surface area contributed by atoms with Crippen LogP contribution in [0.4, 0.5) is 5.69 Å². The molecule has 1 unspecified atom stereocenters. The van der Waals surface area contributed by atoms with Crippen LogP contribution >= 0.6 is 0 Å². The molecule has 1 aliphatic heterocycles. The molecule has 1 fully saturated rings. The van der Waals surface area contributed by atoms with Crippen LogP contribution in [0.25, 0.3) is 0 Å². The lowest BCUT2D eigenvalue weighted by atomic mass is 10.1. The third kappa shape index (κ3) is 2.51. The first-order chi connectivity index (χ1) is 6.77. The van der Waals surface area contributed by atoms with Crippen molar-refractivity contribution >= 4 is 5.69 Å². The van der Waals surface area contributed by atoms with Crippen LogP contribution in [0.15, 0.2) is 24.3 Å². The van der Waals surface area contributed by atoms with Gasteiger partial charge in [-0.25, -0.2) is 0 Å². The van der Waals surface area contributed by atoms with Crippen LogP contribution in [0.1, 0.15) is 11.7 Å². The largest absolute Gasteiger partial charge is 0.400 e. The van der Waals surface area contributed by atoms with Crippen molar-refractivity contribution in [1.29, 1.82) is 0 Å². The maximum absolute atomic E-state index is 10.3. The number of aliphatic hydroxyl groups is 1. The predicted molar refractivity (Wildman–Crippen MR) is 49.9 cm³/mol. The second-order valence-electron chi connectivity index (χ2n) is 2.67. The third-order valence-corrected chi connectivity index (χ3v) is 1.81. The van der Waals surface area contributed by atoms with Crippen molar-refractivity contribution < 1.29 is 14.8 Å². The normalized spacial score (nSPS) is 18.0. The summed E-state index contributed by atoms with van der Waals surface area (Å²) in [5.74, 6) is 0. The lowest BCUT2D eigenvalue weighted by Gasteiger charge is -1.93. The first-order valence-electron chi connectivity index (χ1n) is 4.08. The van der Waals surface area contributed by atoms with Crippen LogP contribution in [0.3, 0.4) is 0 Å². The Hall–Kier alpha value is -1.46. The first-order valence-corrected chi connectivity index (χ1v) is 4.08. The Bertz CT molecular complexity index is 305. The zero-order valence-corrected chi connectivity index (χ0v) is 7.71. The molecule has 1 N–H and O–H groups in total. The van der Waals surface area contributed by atoms with Gasteiger partial charge in [-0.3, -0.25) is 10.1 Å². The highest BCUT2D eigenvalue weighted by Gasteiger charge is 2.24. The number of non-ortho nitro benzene ring substituents is 1. The molecule has 5 heteroatoms. The SMILES string of the molecule is CO.O=[N+]([O-])c1ccc(C2CO2)cc1. The molecule has 1 saturated heterocycles. The molecule has 0 saturated carbocycles. The highest BCUT2D eigenvalue weighted by atomic mass is 16.6. The number of epoxide rings is 1. The summed E-state index contributed by atoms with van der Waals surface area (Å²) in [6.45, 7) is 0.734. The van der Waals surface area contributed by atoms with Gasteiger partial charge in [0, 0.05) is 19.2 Å². The van der Waals surface area contributed by atoms with E-state index in [9.17, 15) is 10.1 Å². The van der Waals surface area contributed by atoms with Gasteiger partial charge in [0.1, 0.15) is 6.10 Å². The minimum atomic E-state index is -0.405. The first kappa shape index (κ1) is 10.6. The molecule has 1 aliphatic rings. The van der Waals surface area contributed by atoms with E-state index >= 15 is 0 Å². The van der Waals surface area contributed by atoms with Crippen molar-refractivity contribution in [3.05, 3.63) is 39.9 Å². The van der Waals surface area contributed by atoms with Crippen LogP contribution in [-0.2, 0) is 4.74 Å². The standard InChI is InChI=1S/C8H7NO3.CH4O/c10-9(11)7-3-1-6(2-4-7)8-5-12-8;1-2/h1-4,8H,5H2;2H,1H3. The summed E-state index contributed by atoms with van der Waals surface area (Å²) in [5, 5.41) is 17.3. The second-order valence-corrected chi connectivity index (χ2v) is 2.67. The van der Waals surface area contributed by atoms with E-state index in [4.69, 9.17) is 9.84 Å². The average molecular weight is 197 g/mol. The number of nitro benzene ring substituents is 1. The van der Waals surface area contributed by atoms with Gasteiger partial charge in [-0.05, 0) is 17.7 Å². The van der Waals surface area contributed by atoms with Crippen LogP contribution in [0, 0.1) is 10.1 Å². The summed E-state index contributed by atoms with van der Waals surface area (Å²) in [5.41, 5.74) is 1.14. The Balaban J connectivity index is 0.000000461. The topological polar surface area (TPSA) is 75.9 Å². The monoisotopic (exact) mass is 197 g/mol. The quantitative estimate of drug-likeness (QED) is 0.440. The highest BCUT2D eigenvalue weighted by Crippen LogP contribution is 2.30. The molecule has 1 atom stereocenters. The number of nitro groups is 1. The van der Waals surface area contributed by atoms with E-state index in [0.717, 1.165) is 19.3 Å². The highest BCUT2D eigenvalue weighted by molar-refractivity contribution is 5.34. The Morgan fingerprint density at radius 3 is 2.29 bits per heavy atom. The van der Waals surface area contributed by atoms with E-state index in [1.54, 1.807) is 12.1 Å². The number of nitrogens with zero attached hydrogens (tertiary/aromatic N) is 1. The number of ether oxygens (including phenoxy) is 1. The molecule has 1 aromatic carbocycles. The number of aliphatic hydroxyl groups excluding tert-OH is 1. The van der Waals surface area contributed by atoms with Crippen molar-refractivity contribution in [2.75, 3.05) is 13.7 Å². The molecule has 5 nitrogen and oxygen atoms in total. The van der Waals surface area contributed by atoms with Crippen LogP contribution < -0.4 is 0 Å². The summed E-state index contributed by atoms with van der Waals surface area (Å²) < 4.78 is 5.03. The van der Waals surface area contributed by atoms with Crippen LogP contribution in [0.5, 0.6) is 0 Å². The number of benzene rings is 1. The van der Waals surface area contributed by atoms with Gasteiger partial charge < -0.3 is 9.84 Å². The maximum atomic E-state index is 10.3. The van der Waals surface area contributed by atoms with Gasteiger partial charge >= 0.3 is 0 Å². The Morgan fingerprint density at radius 2 is 1.93 bits per heavy atom. The smallest absolute Gasteiger partial charge is 0.269 e. The molecule has 0 aliphatic carbocycles. The van der Waals surface area contributed by atoms with Crippen molar-refractivity contribution in [2.45, 2.75) is 6.10 Å². The van der Waals surface area contributed by atoms with E-state index in [0.29, 0.717) is 0 Å². The van der Waals surface area contributed by atoms with Gasteiger partial charge in [-0.2, -0.15) is 0 Å². The third-order valence-electron chi connectivity index (χ3n) is 1.81. The molecule has 1 aromatic rings. The molecular weight excluding hydrogens is 186 g/mol. The molecular formula is C9H11NO4. The van der Waals surface area contributed by atoms with E-state index in [2.05, 4.69) is 0 Å². The van der Waals surface area contributed by atoms with E-state index in [1.807, 2.05) is 0 Å². The van der Waals surface area contributed by atoms with E-state index in [1.165, 1.54) is 12.1 Å². The lowest BCUT2D eigenvalue weighted by molar-refractivity contribution is -0.384. The van der Waals surface area contributed by atoms with Gasteiger partial charge in [-0.1, -0.05) is 0 Å².